The van der Waals surface area contributed by atoms with E-state index >= 15 is 0 Å². The quantitative estimate of drug-likeness (QED) is 0.740. The summed E-state index contributed by atoms with van der Waals surface area (Å²) in [4.78, 5) is 4.33. The third-order valence-corrected chi connectivity index (χ3v) is 2.37. The second kappa shape index (κ2) is 5.87. The highest BCUT2D eigenvalue weighted by Crippen LogP contribution is 2.31. The Balaban J connectivity index is 2.85. The number of rotatable bonds is 5. The molecule has 0 saturated carbocycles. The van der Waals surface area contributed by atoms with Crippen molar-refractivity contribution in [2.75, 3.05) is 27.4 Å². The molecule has 4 nitrogen and oxygen atoms in total. The zero-order chi connectivity index (χ0) is 12.9. The molecule has 0 unspecified atom stereocenters. The van der Waals surface area contributed by atoms with Crippen LogP contribution in [-0.2, 0) is 10.2 Å². The summed E-state index contributed by atoms with van der Waals surface area (Å²) in [7, 11) is 3.26. The van der Waals surface area contributed by atoms with Crippen LogP contribution in [0.5, 0.6) is 11.8 Å². The maximum atomic E-state index is 5.44. The van der Waals surface area contributed by atoms with Gasteiger partial charge in [-0.2, -0.15) is 4.98 Å². The van der Waals surface area contributed by atoms with Crippen LogP contribution in [0, 0.1) is 0 Å². The van der Waals surface area contributed by atoms with Crippen molar-refractivity contribution >= 4 is 0 Å². The molecule has 1 aromatic heterocycles. The van der Waals surface area contributed by atoms with E-state index < -0.39 is 0 Å². The largest absolute Gasteiger partial charge is 0.481 e. The number of hydrogen-bond acceptors (Lipinski definition) is 4. The van der Waals surface area contributed by atoms with Crippen LogP contribution < -0.4 is 9.47 Å². The van der Waals surface area contributed by atoms with Gasteiger partial charge >= 0.3 is 0 Å². The summed E-state index contributed by atoms with van der Waals surface area (Å²) in [6.45, 7) is 7.40. The zero-order valence-corrected chi connectivity index (χ0v) is 11.2. The van der Waals surface area contributed by atoms with Crippen LogP contribution in [-0.4, -0.2) is 32.4 Å². The normalized spacial score (nSPS) is 11.4. The molecular formula is C13H21NO3. The average Bonchev–Trinajstić information content (AvgIpc) is 2.28. The van der Waals surface area contributed by atoms with Gasteiger partial charge in [0.2, 0.25) is 11.8 Å². The van der Waals surface area contributed by atoms with Gasteiger partial charge in [0.25, 0.3) is 0 Å². The number of nitrogens with zero attached hydrogens (tertiary/aromatic N) is 1. The second-order valence-corrected chi connectivity index (χ2v) is 4.80. The van der Waals surface area contributed by atoms with Crippen molar-refractivity contribution in [1.29, 1.82) is 0 Å². The van der Waals surface area contributed by atoms with E-state index in [0.717, 1.165) is 5.56 Å². The molecule has 0 fully saturated rings. The highest BCUT2D eigenvalue weighted by atomic mass is 16.5. The Morgan fingerprint density at radius 1 is 1.12 bits per heavy atom. The summed E-state index contributed by atoms with van der Waals surface area (Å²) >= 11 is 0. The third kappa shape index (κ3) is 3.89. The number of aromatic nitrogens is 1. The summed E-state index contributed by atoms with van der Waals surface area (Å²) in [5.41, 5.74) is 1.07. The molecule has 0 bridgehead atoms. The van der Waals surface area contributed by atoms with Gasteiger partial charge in [0.05, 0.1) is 13.7 Å². The van der Waals surface area contributed by atoms with Gasteiger partial charge in [0, 0.05) is 18.7 Å². The Hall–Kier alpha value is -1.29. The minimum absolute atomic E-state index is 0.00338. The Labute approximate surface area is 103 Å². The molecule has 0 amide bonds. The lowest BCUT2D eigenvalue weighted by atomic mass is 9.88. The molecule has 1 heterocycles. The molecule has 17 heavy (non-hydrogen) atoms. The summed E-state index contributed by atoms with van der Waals surface area (Å²) < 4.78 is 15.7. The predicted molar refractivity (Wildman–Crippen MR) is 66.9 cm³/mol. The van der Waals surface area contributed by atoms with Crippen molar-refractivity contribution in [3.05, 3.63) is 17.7 Å². The van der Waals surface area contributed by atoms with Crippen molar-refractivity contribution in [3.8, 4) is 11.8 Å². The Bertz CT molecular complexity index is 358. The fraction of sp³-hybridized carbons (Fsp3) is 0.615. The van der Waals surface area contributed by atoms with E-state index in [9.17, 15) is 0 Å². The summed E-state index contributed by atoms with van der Waals surface area (Å²) in [5.74, 6) is 1.18. The molecule has 1 rings (SSSR count). The minimum atomic E-state index is 0.00338. The van der Waals surface area contributed by atoms with Crippen molar-refractivity contribution < 1.29 is 14.2 Å². The predicted octanol–water partition coefficient (Wildman–Crippen LogP) is 2.41. The van der Waals surface area contributed by atoms with Gasteiger partial charge in [-0.1, -0.05) is 20.8 Å². The van der Waals surface area contributed by atoms with E-state index in [1.54, 1.807) is 14.2 Å². The lowest BCUT2D eigenvalue weighted by molar-refractivity contribution is 0.143. The zero-order valence-electron chi connectivity index (χ0n) is 11.2. The van der Waals surface area contributed by atoms with E-state index in [0.29, 0.717) is 25.0 Å². The van der Waals surface area contributed by atoms with Crippen LogP contribution in [0.1, 0.15) is 26.3 Å². The lowest BCUT2D eigenvalue weighted by Crippen LogP contribution is -2.14. The van der Waals surface area contributed by atoms with Gasteiger partial charge in [-0.05, 0) is 11.5 Å². The number of pyridine rings is 1. The first-order valence-corrected chi connectivity index (χ1v) is 5.66. The molecule has 0 aromatic carbocycles. The fourth-order valence-corrected chi connectivity index (χ4v) is 1.46. The Kier molecular flexibility index (Phi) is 4.75. The first kappa shape index (κ1) is 13.8. The molecule has 0 spiro atoms. The molecule has 0 N–H and O–H groups in total. The van der Waals surface area contributed by atoms with Crippen molar-refractivity contribution in [2.45, 2.75) is 26.2 Å². The van der Waals surface area contributed by atoms with Crippen LogP contribution in [0.3, 0.4) is 0 Å². The molecule has 1 aromatic rings. The summed E-state index contributed by atoms with van der Waals surface area (Å²) in [5, 5.41) is 0. The van der Waals surface area contributed by atoms with Gasteiger partial charge in [0.15, 0.2) is 0 Å². The molecule has 0 saturated heterocycles. The van der Waals surface area contributed by atoms with E-state index in [1.165, 1.54) is 0 Å². The van der Waals surface area contributed by atoms with E-state index in [-0.39, 0.29) is 5.41 Å². The lowest BCUT2D eigenvalue weighted by Gasteiger charge is -2.21. The minimum Gasteiger partial charge on any atom is -0.481 e. The molecule has 0 atom stereocenters. The van der Waals surface area contributed by atoms with Gasteiger partial charge in [-0.3, -0.25) is 0 Å². The molecular weight excluding hydrogens is 218 g/mol. The number of methoxy groups -OCH3 is 2. The topological polar surface area (TPSA) is 40.6 Å². The van der Waals surface area contributed by atoms with Gasteiger partial charge in [0.1, 0.15) is 6.61 Å². The molecule has 0 aliphatic heterocycles. The highest BCUT2D eigenvalue weighted by Gasteiger charge is 2.20. The van der Waals surface area contributed by atoms with Crippen molar-refractivity contribution in [2.24, 2.45) is 0 Å². The molecule has 0 aliphatic carbocycles. The summed E-state index contributed by atoms with van der Waals surface area (Å²) in [6, 6.07) is 3.85. The van der Waals surface area contributed by atoms with Gasteiger partial charge in [-0.25, -0.2) is 0 Å². The SMILES string of the molecule is COCCOc1ccc(C(C)(C)C)c(OC)n1. The first-order chi connectivity index (χ1) is 7.99. The third-order valence-electron chi connectivity index (χ3n) is 2.37. The van der Waals surface area contributed by atoms with Crippen LogP contribution in [0.4, 0.5) is 0 Å². The molecule has 0 aliphatic rings. The standard InChI is InChI=1S/C13H21NO3/c1-13(2,3)10-6-7-11(14-12(10)16-5)17-9-8-15-4/h6-7H,8-9H2,1-5H3. The Morgan fingerprint density at radius 3 is 2.35 bits per heavy atom. The monoisotopic (exact) mass is 239 g/mol. The van der Waals surface area contributed by atoms with Gasteiger partial charge < -0.3 is 14.2 Å². The maximum absolute atomic E-state index is 5.44. The fourth-order valence-electron chi connectivity index (χ4n) is 1.46. The molecule has 4 heteroatoms. The first-order valence-electron chi connectivity index (χ1n) is 5.66. The summed E-state index contributed by atoms with van der Waals surface area (Å²) in [6.07, 6.45) is 0. The van der Waals surface area contributed by atoms with Crippen molar-refractivity contribution in [3.63, 3.8) is 0 Å². The van der Waals surface area contributed by atoms with Crippen LogP contribution >= 0.6 is 0 Å². The smallest absolute Gasteiger partial charge is 0.220 e. The van der Waals surface area contributed by atoms with Crippen LogP contribution in [0.25, 0.3) is 0 Å². The van der Waals surface area contributed by atoms with Crippen LogP contribution in [0.15, 0.2) is 12.1 Å². The van der Waals surface area contributed by atoms with Crippen molar-refractivity contribution in [1.82, 2.24) is 4.98 Å². The van der Waals surface area contributed by atoms with E-state index in [4.69, 9.17) is 14.2 Å². The highest BCUT2D eigenvalue weighted by molar-refractivity contribution is 5.35. The van der Waals surface area contributed by atoms with E-state index in [2.05, 4.69) is 25.8 Å². The maximum Gasteiger partial charge on any atom is 0.220 e. The molecule has 96 valence electrons. The Morgan fingerprint density at radius 2 is 1.82 bits per heavy atom. The number of hydrogen-bond donors (Lipinski definition) is 0. The average molecular weight is 239 g/mol. The number of ether oxygens (including phenoxy) is 3. The van der Waals surface area contributed by atoms with Crippen LogP contribution in [0.2, 0.25) is 0 Å². The second-order valence-electron chi connectivity index (χ2n) is 4.80. The van der Waals surface area contributed by atoms with Gasteiger partial charge in [-0.15, -0.1) is 0 Å². The van der Waals surface area contributed by atoms with E-state index in [1.807, 2.05) is 12.1 Å². The molecule has 0 radical (unpaired) electrons.